The molecule has 0 bridgehead atoms. The van der Waals surface area contributed by atoms with Gasteiger partial charge in [0.15, 0.2) is 0 Å². The molecule has 1 saturated heterocycles. The Morgan fingerprint density at radius 3 is 1.90 bits per heavy atom. The summed E-state index contributed by atoms with van der Waals surface area (Å²) in [5.41, 5.74) is 2.19. The first-order valence-corrected chi connectivity index (χ1v) is 9.12. The van der Waals surface area contributed by atoms with Crippen molar-refractivity contribution in [3.05, 3.63) is 44.8 Å². The predicted molar refractivity (Wildman–Crippen MR) is 91.6 cm³/mol. The van der Waals surface area contributed by atoms with Crippen LogP contribution in [0.5, 0.6) is 0 Å². The lowest BCUT2D eigenvalue weighted by atomic mass is 10.1. The second-order valence-corrected chi connectivity index (χ2v) is 6.62. The van der Waals surface area contributed by atoms with Crippen LogP contribution in [0, 0.1) is 23.7 Å². The molecule has 2 aromatic rings. The Hall–Kier alpha value is -1.52. The van der Waals surface area contributed by atoms with Gasteiger partial charge in [-0.15, -0.1) is 0 Å². The molecule has 21 heavy (non-hydrogen) atoms. The van der Waals surface area contributed by atoms with Gasteiger partial charge in [0.05, 0.1) is 0 Å². The highest BCUT2D eigenvalue weighted by atomic mass is 32.1. The molecule has 0 aliphatic carbocycles. The Kier molecular flexibility index (Phi) is 5.13. The van der Waals surface area contributed by atoms with E-state index in [0.29, 0.717) is 0 Å². The van der Waals surface area contributed by atoms with Gasteiger partial charge in [-0.1, -0.05) is 30.1 Å². The average Bonchev–Trinajstić information content (AvgIpc) is 3.21. The van der Waals surface area contributed by atoms with Gasteiger partial charge in [0.25, 0.3) is 0 Å². The smallest absolute Gasteiger partial charge is 0.134 e. The van der Waals surface area contributed by atoms with Gasteiger partial charge in [-0.2, -0.15) is 22.7 Å². The van der Waals surface area contributed by atoms with Crippen molar-refractivity contribution in [2.75, 3.05) is 13.1 Å². The van der Waals surface area contributed by atoms with E-state index in [4.69, 9.17) is 0 Å². The molecule has 3 heterocycles. The summed E-state index contributed by atoms with van der Waals surface area (Å²) in [7, 11) is 0. The highest BCUT2D eigenvalue weighted by Crippen LogP contribution is 2.12. The molecule has 2 aromatic heterocycles. The van der Waals surface area contributed by atoms with Crippen LogP contribution in [0.3, 0.4) is 0 Å². The van der Waals surface area contributed by atoms with E-state index in [-0.39, 0.29) is 6.04 Å². The van der Waals surface area contributed by atoms with Crippen molar-refractivity contribution in [1.82, 2.24) is 4.90 Å². The van der Waals surface area contributed by atoms with Crippen LogP contribution in [0.4, 0.5) is 0 Å². The van der Waals surface area contributed by atoms with Gasteiger partial charge in [-0.3, -0.25) is 4.90 Å². The number of hydrogen-bond donors (Lipinski definition) is 0. The largest absolute Gasteiger partial charge is 0.280 e. The zero-order valence-corrected chi connectivity index (χ0v) is 13.5. The normalized spacial score (nSPS) is 15.1. The minimum atomic E-state index is 0.0464. The molecule has 3 rings (SSSR count). The molecule has 1 aliphatic rings. The van der Waals surface area contributed by atoms with Gasteiger partial charge < -0.3 is 0 Å². The predicted octanol–water partition coefficient (Wildman–Crippen LogP) is 4.07. The Balaban J connectivity index is 1.80. The van der Waals surface area contributed by atoms with Crippen LogP contribution >= 0.6 is 22.7 Å². The van der Waals surface area contributed by atoms with Gasteiger partial charge in [0.1, 0.15) is 6.04 Å². The Morgan fingerprint density at radius 1 is 0.857 bits per heavy atom. The van der Waals surface area contributed by atoms with E-state index in [1.807, 2.05) is 0 Å². The summed E-state index contributed by atoms with van der Waals surface area (Å²) >= 11 is 3.37. The average molecular weight is 311 g/mol. The molecular weight excluding hydrogens is 294 g/mol. The number of hydrogen-bond acceptors (Lipinski definition) is 3. The van der Waals surface area contributed by atoms with Crippen molar-refractivity contribution in [3.8, 4) is 23.7 Å². The zero-order chi connectivity index (χ0) is 14.3. The number of nitrogens with zero attached hydrogens (tertiary/aromatic N) is 1. The minimum absolute atomic E-state index is 0.0464. The second kappa shape index (κ2) is 7.48. The maximum atomic E-state index is 3.37. The summed E-state index contributed by atoms with van der Waals surface area (Å²) < 4.78 is 0. The van der Waals surface area contributed by atoms with Gasteiger partial charge >= 0.3 is 0 Å². The summed E-state index contributed by atoms with van der Waals surface area (Å²) in [6.45, 7) is 2.22. The summed E-state index contributed by atoms with van der Waals surface area (Å²) in [6, 6.07) is 4.18. The van der Waals surface area contributed by atoms with Gasteiger partial charge in [0, 0.05) is 35.0 Å². The van der Waals surface area contributed by atoms with Crippen molar-refractivity contribution in [1.29, 1.82) is 0 Å². The molecule has 106 valence electrons. The monoisotopic (exact) mass is 311 g/mol. The summed E-state index contributed by atoms with van der Waals surface area (Å²) in [6.07, 6.45) is 3.85. The number of rotatable bonds is 1. The van der Waals surface area contributed by atoms with Crippen LogP contribution in [0.1, 0.15) is 30.4 Å². The molecule has 0 N–H and O–H groups in total. The van der Waals surface area contributed by atoms with Crippen LogP contribution in [0.15, 0.2) is 33.7 Å². The van der Waals surface area contributed by atoms with Crippen molar-refractivity contribution in [3.63, 3.8) is 0 Å². The fourth-order valence-corrected chi connectivity index (χ4v) is 3.55. The quantitative estimate of drug-likeness (QED) is 0.718. The second-order valence-electron chi connectivity index (χ2n) is 5.06. The SMILES string of the molecule is C(#CC(C#Cc1ccsc1)N1CCCCC1)c1ccsc1. The third-order valence-corrected chi connectivity index (χ3v) is 4.87. The van der Waals surface area contributed by atoms with Gasteiger partial charge in [0.2, 0.25) is 0 Å². The lowest BCUT2D eigenvalue weighted by Crippen LogP contribution is -2.37. The Bertz CT molecular complexity index is 604. The van der Waals surface area contributed by atoms with Crippen molar-refractivity contribution < 1.29 is 0 Å². The highest BCUT2D eigenvalue weighted by Gasteiger charge is 2.16. The molecule has 0 atom stereocenters. The van der Waals surface area contributed by atoms with Crippen molar-refractivity contribution in [2.45, 2.75) is 25.3 Å². The molecule has 0 spiro atoms. The Labute approximate surface area is 134 Å². The first-order valence-electron chi connectivity index (χ1n) is 7.23. The summed E-state index contributed by atoms with van der Waals surface area (Å²) in [5.74, 6) is 13.3. The molecule has 0 amide bonds. The fraction of sp³-hybridized carbons (Fsp3) is 0.333. The first kappa shape index (κ1) is 14.4. The summed E-state index contributed by atoms with van der Waals surface area (Å²) in [5, 5.41) is 8.31. The fourth-order valence-electron chi connectivity index (χ4n) is 2.37. The van der Waals surface area contributed by atoms with E-state index in [2.05, 4.69) is 62.2 Å². The lowest BCUT2D eigenvalue weighted by Gasteiger charge is -2.28. The minimum Gasteiger partial charge on any atom is -0.280 e. The molecule has 1 aliphatic heterocycles. The van der Waals surface area contributed by atoms with E-state index in [1.54, 1.807) is 22.7 Å². The molecule has 0 saturated carbocycles. The molecular formula is C18H17NS2. The van der Waals surface area contributed by atoms with Crippen LogP contribution in [-0.2, 0) is 0 Å². The van der Waals surface area contributed by atoms with E-state index < -0.39 is 0 Å². The van der Waals surface area contributed by atoms with Crippen molar-refractivity contribution >= 4 is 22.7 Å². The lowest BCUT2D eigenvalue weighted by molar-refractivity contribution is 0.225. The van der Waals surface area contributed by atoms with Crippen LogP contribution in [0.2, 0.25) is 0 Å². The van der Waals surface area contributed by atoms with Crippen LogP contribution in [0.25, 0.3) is 0 Å². The molecule has 0 radical (unpaired) electrons. The molecule has 3 heteroatoms. The van der Waals surface area contributed by atoms with E-state index in [1.165, 1.54) is 19.3 Å². The third-order valence-electron chi connectivity index (χ3n) is 3.50. The number of likely N-dealkylation sites (tertiary alicyclic amines) is 1. The van der Waals surface area contributed by atoms with Crippen molar-refractivity contribution in [2.24, 2.45) is 0 Å². The number of thiophene rings is 2. The zero-order valence-electron chi connectivity index (χ0n) is 11.8. The van der Waals surface area contributed by atoms with Crippen LogP contribution < -0.4 is 0 Å². The third kappa shape index (κ3) is 4.22. The van der Waals surface area contributed by atoms with E-state index in [0.717, 1.165) is 24.2 Å². The van der Waals surface area contributed by atoms with E-state index in [9.17, 15) is 0 Å². The topological polar surface area (TPSA) is 3.24 Å². The highest BCUT2D eigenvalue weighted by molar-refractivity contribution is 7.08. The standard InChI is InChI=1S/C18H17NS2/c1-2-10-19(11-3-1)18(6-4-16-8-12-20-14-16)7-5-17-9-13-21-15-17/h8-9,12-15,18H,1-3,10-11H2. The molecule has 1 nitrogen and oxygen atoms in total. The maximum Gasteiger partial charge on any atom is 0.134 e. The molecule has 0 aromatic carbocycles. The van der Waals surface area contributed by atoms with Crippen LogP contribution in [-0.4, -0.2) is 24.0 Å². The first-order chi connectivity index (χ1) is 10.4. The Morgan fingerprint density at radius 2 is 1.43 bits per heavy atom. The van der Waals surface area contributed by atoms with Gasteiger partial charge in [-0.05, 0) is 35.7 Å². The van der Waals surface area contributed by atoms with E-state index >= 15 is 0 Å². The molecule has 0 unspecified atom stereocenters. The molecule has 1 fully saturated rings. The summed E-state index contributed by atoms with van der Waals surface area (Å²) in [4.78, 5) is 2.42. The number of piperidine rings is 1. The maximum absolute atomic E-state index is 3.37. The van der Waals surface area contributed by atoms with Gasteiger partial charge in [-0.25, -0.2) is 0 Å².